The maximum Gasteiger partial charge on any atom is 0.260 e. The van der Waals surface area contributed by atoms with Crippen molar-refractivity contribution in [2.75, 3.05) is 7.05 Å². The van der Waals surface area contributed by atoms with Gasteiger partial charge < -0.3 is 15.4 Å². The summed E-state index contributed by atoms with van der Waals surface area (Å²) >= 11 is 3.47. The van der Waals surface area contributed by atoms with Crippen LogP contribution in [0.4, 0.5) is 0 Å². The SMILES string of the molecule is CNCc1cccc(Br)c1OC(C)C(=O)NC1CC1. The number of hydrogen-bond donors (Lipinski definition) is 2. The second-order valence-electron chi connectivity index (χ2n) is 4.80. The monoisotopic (exact) mass is 326 g/mol. The molecular weight excluding hydrogens is 308 g/mol. The Labute approximate surface area is 122 Å². The molecule has 1 aromatic rings. The van der Waals surface area contributed by atoms with E-state index in [4.69, 9.17) is 4.74 Å². The van der Waals surface area contributed by atoms with E-state index in [9.17, 15) is 4.79 Å². The summed E-state index contributed by atoms with van der Waals surface area (Å²) < 4.78 is 6.69. The number of carbonyl (C=O) groups excluding carboxylic acids is 1. The Morgan fingerprint density at radius 3 is 2.89 bits per heavy atom. The predicted octanol–water partition coefficient (Wildman–Crippen LogP) is 2.21. The van der Waals surface area contributed by atoms with Crippen molar-refractivity contribution >= 4 is 21.8 Å². The van der Waals surface area contributed by atoms with Gasteiger partial charge in [-0.15, -0.1) is 0 Å². The molecule has 1 aliphatic rings. The van der Waals surface area contributed by atoms with E-state index in [0.29, 0.717) is 12.6 Å². The third-order valence-corrected chi connectivity index (χ3v) is 3.63. The number of rotatable bonds is 6. The first-order chi connectivity index (χ1) is 9.11. The Kier molecular flexibility index (Phi) is 4.82. The molecule has 0 bridgehead atoms. The van der Waals surface area contributed by atoms with Gasteiger partial charge >= 0.3 is 0 Å². The molecule has 4 nitrogen and oxygen atoms in total. The highest BCUT2D eigenvalue weighted by atomic mass is 79.9. The van der Waals surface area contributed by atoms with E-state index >= 15 is 0 Å². The number of para-hydroxylation sites is 1. The fraction of sp³-hybridized carbons (Fsp3) is 0.500. The average Bonchev–Trinajstić information content (AvgIpc) is 3.17. The molecule has 0 aromatic heterocycles. The molecule has 0 saturated heterocycles. The standard InChI is InChI=1S/C14H19BrN2O2/c1-9(14(18)17-11-6-7-11)19-13-10(8-16-2)4-3-5-12(13)15/h3-5,9,11,16H,6-8H2,1-2H3,(H,17,18). The van der Waals surface area contributed by atoms with Crippen molar-refractivity contribution in [3.8, 4) is 5.75 Å². The maximum absolute atomic E-state index is 11.9. The normalized spacial score (nSPS) is 15.9. The van der Waals surface area contributed by atoms with Crippen LogP contribution in [0.15, 0.2) is 22.7 Å². The van der Waals surface area contributed by atoms with Gasteiger partial charge in [0.05, 0.1) is 4.47 Å². The van der Waals surface area contributed by atoms with Crippen molar-refractivity contribution in [3.63, 3.8) is 0 Å². The maximum atomic E-state index is 11.9. The van der Waals surface area contributed by atoms with Gasteiger partial charge in [0.2, 0.25) is 0 Å². The molecule has 2 N–H and O–H groups in total. The first-order valence-electron chi connectivity index (χ1n) is 6.51. The van der Waals surface area contributed by atoms with Gasteiger partial charge in [-0.25, -0.2) is 0 Å². The lowest BCUT2D eigenvalue weighted by Crippen LogP contribution is -2.37. The zero-order chi connectivity index (χ0) is 13.8. The summed E-state index contributed by atoms with van der Waals surface area (Å²) in [4.78, 5) is 11.9. The second kappa shape index (κ2) is 6.39. The summed E-state index contributed by atoms with van der Waals surface area (Å²) in [6.07, 6.45) is 1.67. The first kappa shape index (κ1) is 14.3. The van der Waals surface area contributed by atoms with Crippen LogP contribution in [0.5, 0.6) is 5.75 Å². The van der Waals surface area contributed by atoms with E-state index in [1.807, 2.05) is 25.2 Å². The molecule has 0 heterocycles. The minimum absolute atomic E-state index is 0.0475. The van der Waals surface area contributed by atoms with Crippen LogP contribution in [0.25, 0.3) is 0 Å². The number of benzene rings is 1. The summed E-state index contributed by atoms with van der Waals surface area (Å²) in [5.74, 6) is 0.684. The molecule has 19 heavy (non-hydrogen) atoms. The van der Waals surface area contributed by atoms with Crippen molar-refractivity contribution in [1.82, 2.24) is 10.6 Å². The van der Waals surface area contributed by atoms with Crippen molar-refractivity contribution in [3.05, 3.63) is 28.2 Å². The fourth-order valence-electron chi connectivity index (χ4n) is 1.79. The summed E-state index contributed by atoms with van der Waals surface area (Å²) in [6.45, 7) is 2.48. The number of hydrogen-bond acceptors (Lipinski definition) is 3. The third-order valence-electron chi connectivity index (χ3n) is 3.00. The Morgan fingerprint density at radius 2 is 2.26 bits per heavy atom. The summed E-state index contributed by atoms with van der Waals surface area (Å²) in [5.41, 5.74) is 1.03. The Balaban J connectivity index is 2.05. The number of halogens is 1. The molecule has 1 amide bonds. The zero-order valence-electron chi connectivity index (χ0n) is 11.2. The zero-order valence-corrected chi connectivity index (χ0v) is 12.8. The van der Waals surface area contributed by atoms with E-state index in [-0.39, 0.29) is 5.91 Å². The van der Waals surface area contributed by atoms with E-state index in [1.165, 1.54) is 0 Å². The van der Waals surface area contributed by atoms with Gasteiger partial charge in [-0.1, -0.05) is 12.1 Å². The molecule has 1 saturated carbocycles. The number of amides is 1. The van der Waals surface area contributed by atoms with Crippen LogP contribution in [0.1, 0.15) is 25.3 Å². The largest absolute Gasteiger partial charge is 0.479 e. The van der Waals surface area contributed by atoms with Gasteiger partial charge in [0.25, 0.3) is 5.91 Å². The van der Waals surface area contributed by atoms with Crippen LogP contribution in [-0.2, 0) is 11.3 Å². The molecule has 104 valence electrons. The van der Waals surface area contributed by atoms with Crippen LogP contribution < -0.4 is 15.4 Å². The molecule has 1 aliphatic carbocycles. The highest BCUT2D eigenvalue weighted by molar-refractivity contribution is 9.10. The number of nitrogens with one attached hydrogen (secondary N) is 2. The third kappa shape index (κ3) is 3.94. The lowest BCUT2D eigenvalue weighted by Gasteiger charge is -2.18. The Morgan fingerprint density at radius 1 is 1.53 bits per heavy atom. The van der Waals surface area contributed by atoms with E-state index < -0.39 is 6.10 Å². The van der Waals surface area contributed by atoms with Gasteiger partial charge in [-0.05, 0) is 48.8 Å². The van der Waals surface area contributed by atoms with Crippen molar-refractivity contribution in [2.24, 2.45) is 0 Å². The van der Waals surface area contributed by atoms with Crippen LogP contribution in [0.3, 0.4) is 0 Å². The van der Waals surface area contributed by atoms with Crippen LogP contribution in [0.2, 0.25) is 0 Å². The van der Waals surface area contributed by atoms with Crippen LogP contribution in [-0.4, -0.2) is 25.1 Å². The molecule has 1 unspecified atom stereocenters. The van der Waals surface area contributed by atoms with Crippen molar-refractivity contribution in [2.45, 2.75) is 38.5 Å². The van der Waals surface area contributed by atoms with Gasteiger partial charge in [-0.2, -0.15) is 0 Å². The Bertz CT molecular complexity index is 461. The molecule has 5 heteroatoms. The highest BCUT2D eigenvalue weighted by Gasteiger charge is 2.26. The lowest BCUT2D eigenvalue weighted by atomic mass is 10.2. The van der Waals surface area contributed by atoms with Crippen molar-refractivity contribution in [1.29, 1.82) is 0 Å². The molecule has 0 radical (unpaired) electrons. The van der Waals surface area contributed by atoms with Crippen molar-refractivity contribution < 1.29 is 9.53 Å². The smallest absolute Gasteiger partial charge is 0.260 e. The number of carbonyl (C=O) groups is 1. The molecule has 2 rings (SSSR count). The Hall–Kier alpha value is -1.07. The molecule has 0 aliphatic heterocycles. The molecule has 1 aromatic carbocycles. The molecule has 1 atom stereocenters. The second-order valence-corrected chi connectivity index (χ2v) is 5.66. The first-order valence-corrected chi connectivity index (χ1v) is 7.30. The summed E-state index contributed by atoms with van der Waals surface area (Å²) in [6, 6.07) is 6.22. The average molecular weight is 327 g/mol. The van der Waals surface area contributed by atoms with E-state index in [0.717, 1.165) is 28.6 Å². The predicted molar refractivity (Wildman–Crippen MR) is 78.2 cm³/mol. The minimum atomic E-state index is -0.491. The van der Waals surface area contributed by atoms with E-state index in [2.05, 4.69) is 26.6 Å². The fourth-order valence-corrected chi connectivity index (χ4v) is 2.29. The number of ether oxygens (including phenoxy) is 1. The summed E-state index contributed by atoms with van der Waals surface area (Å²) in [7, 11) is 1.88. The topological polar surface area (TPSA) is 50.4 Å². The van der Waals surface area contributed by atoms with Gasteiger partial charge in [0.15, 0.2) is 6.10 Å². The van der Waals surface area contributed by atoms with Gasteiger partial charge in [0, 0.05) is 18.2 Å². The molecule has 1 fully saturated rings. The van der Waals surface area contributed by atoms with Crippen LogP contribution >= 0.6 is 15.9 Å². The minimum Gasteiger partial charge on any atom is -0.479 e. The molecular formula is C14H19BrN2O2. The quantitative estimate of drug-likeness (QED) is 0.842. The van der Waals surface area contributed by atoms with E-state index in [1.54, 1.807) is 6.92 Å². The lowest BCUT2D eigenvalue weighted by molar-refractivity contribution is -0.127. The van der Waals surface area contributed by atoms with Gasteiger partial charge in [-0.3, -0.25) is 4.79 Å². The van der Waals surface area contributed by atoms with Gasteiger partial charge in [0.1, 0.15) is 5.75 Å². The molecule has 0 spiro atoms. The van der Waals surface area contributed by atoms with Crippen LogP contribution in [0, 0.1) is 0 Å². The summed E-state index contributed by atoms with van der Waals surface area (Å²) in [5, 5.41) is 6.04. The highest BCUT2D eigenvalue weighted by Crippen LogP contribution is 2.30.